The summed E-state index contributed by atoms with van der Waals surface area (Å²) in [4.78, 5) is 14.4. The third-order valence-corrected chi connectivity index (χ3v) is 6.54. The van der Waals surface area contributed by atoms with Gasteiger partial charge in [-0.15, -0.1) is 0 Å². The second-order valence-electron chi connectivity index (χ2n) is 9.25. The van der Waals surface area contributed by atoms with Crippen molar-refractivity contribution >= 4 is 19.1 Å². The predicted molar refractivity (Wildman–Crippen MR) is 143 cm³/mol. The molecule has 3 aromatic rings. The number of rotatable bonds is 9. The third-order valence-electron chi connectivity index (χ3n) is 6.54. The van der Waals surface area contributed by atoms with Gasteiger partial charge < -0.3 is 14.3 Å². The summed E-state index contributed by atoms with van der Waals surface area (Å²) in [5, 5.41) is 0. The smallest absolute Gasteiger partial charge is 0.373 e. The fraction of sp³-hybridized carbons (Fsp3) is 0.367. The van der Waals surface area contributed by atoms with Gasteiger partial charge in [0.05, 0.1) is 12.3 Å². The van der Waals surface area contributed by atoms with Gasteiger partial charge in [0.15, 0.2) is 0 Å². The molecule has 3 aromatic carbocycles. The van der Waals surface area contributed by atoms with Gasteiger partial charge in [0.25, 0.3) is 0 Å². The lowest BCUT2D eigenvalue weighted by Gasteiger charge is -2.23. The van der Waals surface area contributed by atoms with E-state index in [0.717, 1.165) is 28.5 Å². The van der Waals surface area contributed by atoms with E-state index in [1.807, 2.05) is 98.2 Å². The number of carbonyl (C=O) groups is 1. The van der Waals surface area contributed by atoms with E-state index in [1.165, 1.54) is 44.9 Å². The van der Waals surface area contributed by atoms with Gasteiger partial charge in [-0.2, -0.15) is 0 Å². The SMILES string of the molecule is CCC(=O)N(Cc1ccccc1)c1ccc(Oc2ccc(O[B]C3CCCCCCC3)cc2)cc1. The average Bonchev–Trinajstić information content (AvgIpc) is 2.88. The van der Waals surface area contributed by atoms with E-state index in [2.05, 4.69) is 0 Å². The molecule has 0 saturated heterocycles. The summed E-state index contributed by atoms with van der Waals surface area (Å²) in [6.07, 6.45) is 9.57. The molecule has 1 amide bonds. The summed E-state index contributed by atoms with van der Waals surface area (Å²) in [5.74, 6) is 2.96. The van der Waals surface area contributed by atoms with Gasteiger partial charge in [0.1, 0.15) is 11.5 Å². The minimum Gasteiger partial charge on any atom is -0.563 e. The molecule has 4 rings (SSSR count). The van der Waals surface area contributed by atoms with Crippen LogP contribution in [0.3, 0.4) is 0 Å². The summed E-state index contributed by atoms with van der Waals surface area (Å²) >= 11 is 0. The Bertz CT molecular complexity index is 1030. The summed E-state index contributed by atoms with van der Waals surface area (Å²) in [7, 11) is 2.03. The van der Waals surface area contributed by atoms with Gasteiger partial charge in [0.2, 0.25) is 5.91 Å². The van der Waals surface area contributed by atoms with E-state index < -0.39 is 0 Å². The molecule has 0 aliphatic heterocycles. The molecule has 0 spiro atoms. The van der Waals surface area contributed by atoms with E-state index in [1.54, 1.807) is 0 Å². The molecule has 0 heterocycles. The van der Waals surface area contributed by atoms with Crippen LogP contribution in [-0.4, -0.2) is 13.4 Å². The first-order valence-electron chi connectivity index (χ1n) is 12.9. The summed E-state index contributed by atoms with van der Waals surface area (Å²) < 4.78 is 12.0. The number of amides is 1. The van der Waals surface area contributed by atoms with Crippen LogP contribution in [0.4, 0.5) is 5.69 Å². The molecule has 0 atom stereocenters. The lowest BCUT2D eigenvalue weighted by Crippen LogP contribution is -2.29. The van der Waals surface area contributed by atoms with Crippen LogP contribution in [-0.2, 0) is 11.3 Å². The lowest BCUT2D eigenvalue weighted by atomic mass is 9.72. The van der Waals surface area contributed by atoms with Gasteiger partial charge in [-0.05, 0) is 59.9 Å². The third kappa shape index (κ3) is 7.64. The maximum absolute atomic E-state index is 12.6. The highest BCUT2D eigenvalue weighted by atomic mass is 16.5. The van der Waals surface area contributed by atoms with Crippen molar-refractivity contribution in [2.24, 2.45) is 0 Å². The van der Waals surface area contributed by atoms with Crippen molar-refractivity contribution in [3.63, 3.8) is 0 Å². The summed E-state index contributed by atoms with van der Waals surface area (Å²) in [5.41, 5.74) is 1.96. The van der Waals surface area contributed by atoms with Crippen molar-refractivity contribution in [2.75, 3.05) is 4.90 Å². The Morgan fingerprint density at radius 3 is 2.00 bits per heavy atom. The molecular weight excluding hydrogens is 433 g/mol. The number of anilines is 1. The number of benzene rings is 3. The van der Waals surface area contributed by atoms with Gasteiger partial charge in [-0.25, -0.2) is 0 Å². The number of hydrogen-bond donors (Lipinski definition) is 0. The van der Waals surface area contributed by atoms with Crippen LogP contribution in [0.5, 0.6) is 17.2 Å². The maximum Gasteiger partial charge on any atom is 0.373 e. The molecule has 0 unspecified atom stereocenters. The Morgan fingerprint density at radius 1 is 0.800 bits per heavy atom. The first-order chi connectivity index (χ1) is 17.2. The summed E-state index contributed by atoms with van der Waals surface area (Å²) in [6, 6.07) is 25.5. The lowest BCUT2D eigenvalue weighted by molar-refractivity contribution is -0.118. The van der Waals surface area contributed by atoms with Gasteiger partial charge in [0, 0.05) is 12.1 Å². The Hall–Kier alpha value is -3.21. The molecule has 0 aromatic heterocycles. The first kappa shape index (κ1) is 24.9. The second-order valence-corrected chi connectivity index (χ2v) is 9.25. The highest BCUT2D eigenvalue weighted by Crippen LogP contribution is 2.29. The van der Waals surface area contributed by atoms with E-state index in [9.17, 15) is 4.79 Å². The minimum atomic E-state index is 0.0920. The van der Waals surface area contributed by atoms with Crippen LogP contribution >= 0.6 is 0 Å². The largest absolute Gasteiger partial charge is 0.563 e. The van der Waals surface area contributed by atoms with Crippen molar-refractivity contribution in [1.29, 1.82) is 0 Å². The fourth-order valence-electron chi connectivity index (χ4n) is 4.50. The molecule has 1 saturated carbocycles. The summed E-state index contributed by atoms with van der Waals surface area (Å²) in [6.45, 7) is 2.44. The Balaban J connectivity index is 1.33. The van der Waals surface area contributed by atoms with E-state index >= 15 is 0 Å². The molecule has 181 valence electrons. The zero-order valence-electron chi connectivity index (χ0n) is 20.7. The number of nitrogens with zero attached hydrogens (tertiary/aromatic N) is 1. The quantitative estimate of drug-likeness (QED) is 0.299. The van der Waals surface area contributed by atoms with Crippen molar-refractivity contribution in [1.82, 2.24) is 0 Å². The zero-order chi connectivity index (χ0) is 24.3. The van der Waals surface area contributed by atoms with Crippen molar-refractivity contribution in [2.45, 2.75) is 70.7 Å². The molecular formula is C30H35BNO3. The molecule has 1 radical (unpaired) electrons. The maximum atomic E-state index is 12.6. The molecule has 1 fully saturated rings. The van der Waals surface area contributed by atoms with Crippen molar-refractivity contribution in [3.8, 4) is 17.2 Å². The second kappa shape index (κ2) is 13.0. The minimum absolute atomic E-state index is 0.0920. The highest BCUT2D eigenvalue weighted by Gasteiger charge is 2.16. The standard InChI is InChI=1S/C30H35BNO3/c1-2-30(33)32(23-24-11-7-6-8-12-24)26-15-17-27(18-16-26)34-28-19-21-29(22-20-28)35-31-25-13-9-4-3-5-10-14-25/h6-8,11-12,15-22,25H,2-5,9-10,13-14,23H2,1H3. The zero-order valence-corrected chi connectivity index (χ0v) is 20.7. The van der Waals surface area contributed by atoms with E-state index in [0.29, 0.717) is 18.8 Å². The molecule has 35 heavy (non-hydrogen) atoms. The van der Waals surface area contributed by atoms with Crippen molar-refractivity contribution in [3.05, 3.63) is 84.4 Å². The molecule has 0 N–H and O–H groups in total. The van der Waals surface area contributed by atoms with Crippen molar-refractivity contribution < 1.29 is 14.2 Å². The van der Waals surface area contributed by atoms with Gasteiger partial charge >= 0.3 is 7.48 Å². The molecule has 1 aliphatic carbocycles. The van der Waals surface area contributed by atoms with Crippen LogP contribution in [0.1, 0.15) is 63.9 Å². The number of carbonyl (C=O) groups excluding carboxylic acids is 1. The molecule has 1 aliphatic rings. The van der Waals surface area contributed by atoms with E-state index in [4.69, 9.17) is 9.39 Å². The Labute approximate surface area is 210 Å². The predicted octanol–water partition coefficient (Wildman–Crippen LogP) is 7.95. The Kier molecular flexibility index (Phi) is 9.28. The topological polar surface area (TPSA) is 38.8 Å². The normalized spacial score (nSPS) is 14.4. The average molecular weight is 468 g/mol. The molecule has 5 heteroatoms. The Morgan fingerprint density at radius 2 is 1.37 bits per heavy atom. The van der Waals surface area contributed by atoms with Crippen LogP contribution in [0, 0.1) is 0 Å². The monoisotopic (exact) mass is 468 g/mol. The molecule has 4 nitrogen and oxygen atoms in total. The van der Waals surface area contributed by atoms with E-state index in [-0.39, 0.29) is 5.91 Å². The van der Waals surface area contributed by atoms with Gasteiger partial charge in [-0.1, -0.05) is 82.2 Å². The van der Waals surface area contributed by atoms with Gasteiger partial charge in [-0.3, -0.25) is 4.79 Å². The highest BCUT2D eigenvalue weighted by molar-refractivity contribution is 6.30. The van der Waals surface area contributed by atoms with Crippen LogP contribution in [0.25, 0.3) is 0 Å². The van der Waals surface area contributed by atoms with Crippen LogP contribution < -0.4 is 14.3 Å². The molecule has 0 bridgehead atoms. The fourth-order valence-corrected chi connectivity index (χ4v) is 4.50. The van der Waals surface area contributed by atoms with Crippen LogP contribution in [0.15, 0.2) is 78.9 Å². The number of hydrogen-bond acceptors (Lipinski definition) is 3. The number of ether oxygens (including phenoxy) is 1. The van der Waals surface area contributed by atoms with Crippen LogP contribution in [0.2, 0.25) is 5.82 Å². The first-order valence-corrected chi connectivity index (χ1v) is 12.9.